The molecule has 0 aromatic heterocycles. The van der Waals surface area contributed by atoms with E-state index in [0.29, 0.717) is 22.7 Å². The van der Waals surface area contributed by atoms with Crippen molar-refractivity contribution < 1.29 is 14.3 Å². The van der Waals surface area contributed by atoms with Gasteiger partial charge in [-0.3, -0.25) is 4.79 Å². The van der Waals surface area contributed by atoms with Gasteiger partial charge in [-0.2, -0.15) is 0 Å². The highest BCUT2D eigenvalue weighted by Gasteiger charge is 2.26. The van der Waals surface area contributed by atoms with Gasteiger partial charge in [-0.05, 0) is 161 Å². The Kier molecular flexibility index (Phi) is 21.0. The van der Waals surface area contributed by atoms with E-state index >= 15 is 0 Å². The molecule has 0 radical (unpaired) electrons. The van der Waals surface area contributed by atoms with Crippen molar-refractivity contribution in [3.8, 4) is 16.9 Å². The van der Waals surface area contributed by atoms with E-state index in [0.717, 1.165) is 54.7 Å². The van der Waals surface area contributed by atoms with Crippen LogP contribution in [0.1, 0.15) is 170 Å². The molecule has 1 amide bonds. The van der Waals surface area contributed by atoms with Gasteiger partial charge < -0.3 is 15.3 Å². The Morgan fingerprint density at radius 2 is 1.48 bits per heavy atom. The number of carbonyl (C=O) groups excluding carboxylic acids is 1. The number of phenolic OH excluding ortho intramolecular Hbond substituents is 1. The first-order valence-corrected chi connectivity index (χ1v) is 22.3. The molecule has 4 aromatic carbocycles. The lowest BCUT2D eigenvalue weighted by Crippen LogP contribution is -2.19. The number of aromatic hydroxyl groups is 1. The normalized spacial score (nSPS) is 13.4. The van der Waals surface area contributed by atoms with Crippen molar-refractivity contribution in [2.75, 3.05) is 25.5 Å². The van der Waals surface area contributed by atoms with E-state index < -0.39 is 0 Å². The molecule has 316 valence electrons. The van der Waals surface area contributed by atoms with Gasteiger partial charge >= 0.3 is 0 Å². The molecule has 0 aliphatic heterocycles. The number of allylic oxidation sites excluding steroid dienone is 2. The number of anilines is 1. The third kappa shape index (κ3) is 15.2. The second kappa shape index (κ2) is 25.3. The zero-order valence-corrected chi connectivity index (χ0v) is 37.7. The molecule has 0 spiro atoms. The standard InChI is InChI=1S/C37H38FNO2.C9H20.C7H17N/c1-5-23(2)25(4)33-20-27(10-9-24(33)3)19-26-11-13-30(14-12-26)37(41)39-32-21-34(28-7-6-8-28)36(35(40)22-32)29-15-17-31(38)18-16-29;1-4-6-7-8-9(3)5-2;1-4-6-8(3)7-5-2/h9-18,20-22,28,40H,5-8,19H2,1-4H3,(H,39,41);9H,4-8H2,1-3H3;4-7H2,1-3H3/b25-23-;;. The molecule has 1 aliphatic rings. The highest BCUT2D eigenvalue weighted by Crippen LogP contribution is 2.46. The molecule has 5 heteroatoms. The third-order valence-corrected chi connectivity index (χ3v) is 11.8. The number of nitrogens with zero attached hydrogens (tertiary/aromatic N) is 1. The number of nitrogens with one attached hydrogen (secondary N) is 1. The largest absolute Gasteiger partial charge is 0.507 e. The number of benzene rings is 4. The molecule has 0 bridgehead atoms. The Balaban J connectivity index is 0.000000443. The zero-order valence-electron chi connectivity index (χ0n) is 37.7. The molecule has 1 unspecified atom stereocenters. The van der Waals surface area contributed by atoms with Crippen LogP contribution in [-0.4, -0.2) is 36.1 Å². The van der Waals surface area contributed by atoms with Crippen molar-refractivity contribution in [3.63, 3.8) is 0 Å². The third-order valence-electron chi connectivity index (χ3n) is 11.8. The summed E-state index contributed by atoms with van der Waals surface area (Å²) in [5, 5.41) is 14.0. The summed E-state index contributed by atoms with van der Waals surface area (Å²) in [4.78, 5) is 15.5. The predicted molar refractivity (Wildman–Crippen MR) is 249 cm³/mol. The van der Waals surface area contributed by atoms with Crippen LogP contribution in [0.25, 0.3) is 16.7 Å². The van der Waals surface area contributed by atoms with Gasteiger partial charge in [0.1, 0.15) is 11.6 Å². The van der Waals surface area contributed by atoms with Gasteiger partial charge in [0.15, 0.2) is 0 Å². The van der Waals surface area contributed by atoms with Crippen molar-refractivity contribution in [1.29, 1.82) is 0 Å². The van der Waals surface area contributed by atoms with Crippen molar-refractivity contribution in [1.82, 2.24) is 4.90 Å². The first-order valence-electron chi connectivity index (χ1n) is 22.3. The number of unbranched alkanes of at least 4 members (excludes halogenated alkanes) is 2. The summed E-state index contributed by atoms with van der Waals surface area (Å²) < 4.78 is 13.5. The number of carbonyl (C=O) groups is 1. The van der Waals surface area contributed by atoms with E-state index in [2.05, 4.69) is 97.8 Å². The molecule has 1 atom stereocenters. The molecule has 0 saturated heterocycles. The van der Waals surface area contributed by atoms with Gasteiger partial charge in [-0.25, -0.2) is 4.39 Å². The zero-order chi connectivity index (χ0) is 42.6. The van der Waals surface area contributed by atoms with E-state index in [-0.39, 0.29) is 17.5 Å². The summed E-state index contributed by atoms with van der Waals surface area (Å²) in [5.41, 5.74) is 11.3. The van der Waals surface area contributed by atoms with E-state index in [1.165, 1.54) is 98.0 Å². The second-order valence-corrected chi connectivity index (χ2v) is 16.6. The van der Waals surface area contributed by atoms with Crippen LogP contribution in [0.15, 0.2) is 84.4 Å². The molecule has 4 aromatic rings. The van der Waals surface area contributed by atoms with Crippen LogP contribution in [-0.2, 0) is 6.42 Å². The summed E-state index contributed by atoms with van der Waals surface area (Å²) >= 11 is 0. The van der Waals surface area contributed by atoms with Gasteiger partial charge in [0.2, 0.25) is 0 Å². The Hall–Kier alpha value is -4.22. The number of hydrogen-bond acceptors (Lipinski definition) is 3. The summed E-state index contributed by atoms with van der Waals surface area (Å²) in [6, 6.07) is 24.1. The average Bonchev–Trinajstić information content (AvgIpc) is 3.19. The number of rotatable bonds is 17. The fourth-order valence-corrected chi connectivity index (χ4v) is 7.41. The number of aryl methyl sites for hydroxylation is 1. The van der Waals surface area contributed by atoms with Crippen molar-refractivity contribution in [2.24, 2.45) is 5.92 Å². The molecule has 1 saturated carbocycles. The minimum atomic E-state index is -0.314. The monoisotopic (exact) mass is 791 g/mol. The smallest absolute Gasteiger partial charge is 0.255 e. The van der Waals surface area contributed by atoms with E-state index in [1.807, 2.05) is 30.3 Å². The van der Waals surface area contributed by atoms with Crippen LogP contribution >= 0.6 is 0 Å². The quantitative estimate of drug-likeness (QED) is 0.105. The maximum absolute atomic E-state index is 13.5. The Morgan fingerprint density at radius 3 is 2.03 bits per heavy atom. The SMILES string of the molecule is CC/C(C)=C(/C)c1cc(Cc2ccc(C(=O)Nc3cc(O)c(-c4ccc(F)cc4)c(C4CCC4)c3)cc2)ccc1C.CCCCCC(C)CC.CCCN(C)CCC. The van der Waals surface area contributed by atoms with Gasteiger partial charge in [-0.15, -0.1) is 0 Å². The second-order valence-electron chi connectivity index (χ2n) is 16.6. The first kappa shape index (κ1) is 48.2. The number of phenols is 1. The fourth-order valence-electron chi connectivity index (χ4n) is 7.41. The summed E-state index contributed by atoms with van der Waals surface area (Å²) in [6.45, 7) is 22.5. The van der Waals surface area contributed by atoms with Gasteiger partial charge in [-0.1, -0.05) is 128 Å². The van der Waals surface area contributed by atoms with Gasteiger partial charge in [0, 0.05) is 22.9 Å². The van der Waals surface area contributed by atoms with Crippen LogP contribution in [0, 0.1) is 18.7 Å². The van der Waals surface area contributed by atoms with E-state index in [4.69, 9.17) is 0 Å². The lowest BCUT2D eigenvalue weighted by Gasteiger charge is -2.29. The predicted octanol–water partition coefficient (Wildman–Crippen LogP) is 15.2. The Bertz CT molecular complexity index is 1850. The minimum absolute atomic E-state index is 0.0864. The summed E-state index contributed by atoms with van der Waals surface area (Å²) in [6.07, 6.45) is 14.6. The Labute approximate surface area is 352 Å². The van der Waals surface area contributed by atoms with Crippen LogP contribution < -0.4 is 5.32 Å². The van der Waals surface area contributed by atoms with Gasteiger partial charge in [0.25, 0.3) is 5.91 Å². The van der Waals surface area contributed by atoms with Crippen molar-refractivity contribution >= 4 is 17.2 Å². The number of hydrogen-bond donors (Lipinski definition) is 2. The van der Waals surface area contributed by atoms with Gasteiger partial charge in [0.05, 0.1) is 0 Å². The molecular weight excluding hydrogens is 716 g/mol. The lowest BCUT2D eigenvalue weighted by molar-refractivity contribution is 0.102. The molecule has 0 heterocycles. The maximum atomic E-state index is 13.5. The van der Waals surface area contributed by atoms with Crippen LogP contribution in [0.2, 0.25) is 0 Å². The summed E-state index contributed by atoms with van der Waals surface area (Å²) in [7, 11) is 2.17. The first-order chi connectivity index (χ1) is 27.8. The summed E-state index contributed by atoms with van der Waals surface area (Å²) in [5.74, 6) is 0.814. The Morgan fingerprint density at radius 1 is 0.845 bits per heavy atom. The maximum Gasteiger partial charge on any atom is 0.255 e. The topological polar surface area (TPSA) is 52.6 Å². The van der Waals surface area contributed by atoms with Crippen LogP contribution in [0.4, 0.5) is 10.1 Å². The molecule has 4 nitrogen and oxygen atoms in total. The number of halogens is 1. The highest BCUT2D eigenvalue weighted by atomic mass is 19.1. The fraction of sp³-hybridized carbons (Fsp3) is 0.491. The molecule has 58 heavy (non-hydrogen) atoms. The molecular formula is C53H75FN2O2. The van der Waals surface area contributed by atoms with Crippen molar-refractivity contribution in [2.45, 2.75) is 145 Å². The van der Waals surface area contributed by atoms with Crippen LogP contribution in [0.5, 0.6) is 5.75 Å². The van der Waals surface area contributed by atoms with E-state index in [9.17, 15) is 14.3 Å². The van der Waals surface area contributed by atoms with E-state index in [1.54, 1.807) is 18.2 Å². The van der Waals surface area contributed by atoms with Crippen molar-refractivity contribution in [3.05, 3.63) is 124 Å². The number of amides is 1. The molecule has 2 N–H and O–H groups in total. The molecule has 1 fully saturated rings. The molecule has 1 aliphatic carbocycles. The average molecular weight is 791 g/mol. The highest BCUT2D eigenvalue weighted by molar-refractivity contribution is 6.04. The van der Waals surface area contributed by atoms with Crippen LogP contribution in [0.3, 0.4) is 0 Å². The lowest BCUT2D eigenvalue weighted by atomic mass is 9.76. The molecule has 5 rings (SSSR count). The minimum Gasteiger partial charge on any atom is -0.507 e.